The first-order valence-corrected chi connectivity index (χ1v) is 8.31. The normalized spacial score (nSPS) is 11.3. The maximum absolute atomic E-state index is 12.5. The summed E-state index contributed by atoms with van der Waals surface area (Å²) in [5.74, 6) is 0. The highest BCUT2D eigenvalue weighted by Crippen LogP contribution is 2.22. The molecule has 2 aromatic rings. The van der Waals surface area contributed by atoms with Crippen LogP contribution in [0.15, 0.2) is 47.5 Å². The molecule has 0 aliphatic heterocycles. The van der Waals surface area contributed by atoms with Crippen LogP contribution in [0.4, 0.5) is 5.69 Å². The number of hydrogen-bond acceptors (Lipinski definition) is 4. The number of aromatic nitrogens is 1. The zero-order chi connectivity index (χ0) is 15.3. The second-order valence-corrected chi connectivity index (χ2v) is 6.32. The summed E-state index contributed by atoms with van der Waals surface area (Å²) in [6, 6.07) is 10.5. The summed E-state index contributed by atoms with van der Waals surface area (Å²) in [6.07, 6.45) is 3.29. The Morgan fingerprint density at radius 1 is 1.19 bits per heavy atom. The average molecular weight is 305 g/mol. The van der Waals surface area contributed by atoms with Crippen LogP contribution in [0.3, 0.4) is 0 Å². The minimum absolute atomic E-state index is 0.0771. The monoisotopic (exact) mass is 305 g/mol. The highest BCUT2D eigenvalue weighted by molar-refractivity contribution is 7.92. The quantitative estimate of drug-likeness (QED) is 0.857. The van der Waals surface area contributed by atoms with Crippen molar-refractivity contribution >= 4 is 15.7 Å². The standard InChI is InChI=1S/C15H19N3O2S/c1-2-6-12-7-3-4-8-13(12)18-21(19,20)15-9-5-10-17-14(15)11-16/h3-5,7-10,18H,2,6,11,16H2,1H3. The van der Waals surface area contributed by atoms with Crippen molar-refractivity contribution in [2.45, 2.75) is 31.2 Å². The van der Waals surface area contributed by atoms with Gasteiger partial charge in [0.15, 0.2) is 0 Å². The van der Waals surface area contributed by atoms with Crippen LogP contribution < -0.4 is 10.5 Å². The van der Waals surface area contributed by atoms with Gasteiger partial charge in [0.05, 0.1) is 11.4 Å². The fraction of sp³-hybridized carbons (Fsp3) is 0.267. The lowest BCUT2D eigenvalue weighted by molar-refractivity contribution is 0.599. The molecule has 3 N–H and O–H groups in total. The summed E-state index contributed by atoms with van der Waals surface area (Å²) >= 11 is 0. The third kappa shape index (κ3) is 3.59. The van der Waals surface area contributed by atoms with Gasteiger partial charge in [-0.2, -0.15) is 0 Å². The van der Waals surface area contributed by atoms with Gasteiger partial charge in [-0.3, -0.25) is 9.71 Å². The van der Waals surface area contributed by atoms with Gasteiger partial charge in [0.2, 0.25) is 0 Å². The van der Waals surface area contributed by atoms with Gasteiger partial charge in [0.25, 0.3) is 10.0 Å². The van der Waals surface area contributed by atoms with Gasteiger partial charge in [0, 0.05) is 12.7 Å². The molecule has 5 nitrogen and oxygen atoms in total. The third-order valence-electron chi connectivity index (χ3n) is 3.11. The Bertz CT molecular complexity index is 714. The van der Waals surface area contributed by atoms with Gasteiger partial charge >= 0.3 is 0 Å². The Kier molecular flexibility index (Phi) is 4.93. The molecule has 0 amide bonds. The molecule has 6 heteroatoms. The van der Waals surface area contributed by atoms with Crippen molar-refractivity contribution < 1.29 is 8.42 Å². The predicted octanol–water partition coefficient (Wildman–Crippen LogP) is 2.29. The Morgan fingerprint density at radius 2 is 1.95 bits per heavy atom. The predicted molar refractivity (Wildman–Crippen MR) is 83.4 cm³/mol. The van der Waals surface area contributed by atoms with Crippen molar-refractivity contribution in [3.05, 3.63) is 53.9 Å². The van der Waals surface area contributed by atoms with Crippen LogP contribution in [0.5, 0.6) is 0 Å². The van der Waals surface area contributed by atoms with Crippen molar-refractivity contribution in [2.75, 3.05) is 4.72 Å². The van der Waals surface area contributed by atoms with Crippen LogP contribution >= 0.6 is 0 Å². The lowest BCUT2D eigenvalue weighted by atomic mass is 10.1. The van der Waals surface area contributed by atoms with Gasteiger partial charge in [-0.15, -0.1) is 0 Å². The Balaban J connectivity index is 2.38. The van der Waals surface area contributed by atoms with E-state index >= 15 is 0 Å². The van der Waals surface area contributed by atoms with Crippen molar-refractivity contribution in [3.63, 3.8) is 0 Å². The maximum Gasteiger partial charge on any atom is 0.263 e. The SMILES string of the molecule is CCCc1ccccc1NS(=O)(=O)c1cccnc1CN. The summed E-state index contributed by atoms with van der Waals surface area (Å²) in [6.45, 7) is 2.13. The van der Waals surface area contributed by atoms with E-state index in [-0.39, 0.29) is 11.4 Å². The molecule has 0 aliphatic carbocycles. The second-order valence-electron chi connectivity index (χ2n) is 4.67. The first-order chi connectivity index (χ1) is 10.1. The Labute approximate surface area is 125 Å². The summed E-state index contributed by atoms with van der Waals surface area (Å²) in [5, 5.41) is 0. The zero-order valence-electron chi connectivity index (χ0n) is 11.9. The van der Waals surface area contributed by atoms with E-state index in [4.69, 9.17) is 5.73 Å². The molecule has 1 heterocycles. The number of pyridine rings is 1. The molecule has 0 spiro atoms. The van der Waals surface area contributed by atoms with E-state index < -0.39 is 10.0 Å². The molecule has 21 heavy (non-hydrogen) atoms. The molecule has 1 aromatic heterocycles. The van der Waals surface area contributed by atoms with Crippen LogP contribution in [-0.4, -0.2) is 13.4 Å². The number of nitrogens with two attached hydrogens (primary N) is 1. The van der Waals surface area contributed by atoms with Crippen molar-refractivity contribution in [2.24, 2.45) is 5.73 Å². The minimum atomic E-state index is -3.69. The van der Waals surface area contributed by atoms with E-state index in [2.05, 4.69) is 16.6 Å². The van der Waals surface area contributed by atoms with E-state index in [1.807, 2.05) is 18.2 Å². The summed E-state index contributed by atoms with van der Waals surface area (Å²) in [5.41, 5.74) is 7.50. The van der Waals surface area contributed by atoms with Gasteiger partial charge in [0.1, 0.15) is 4.90 Å². The largest absolute Gasteiger partial charge is 0.325 e. The van der Waals surface area contributed by atoms with Crippen molar-refractivity contribution in [1.82, 2.24) is 4.98 Å². The molecular weight excluding hydrogens is 286 g/mol. The lowest BCUT2D eigenvalue weighted by Gasteiger charge is -2.13. The molecule has 0 atom stereocenters. The Morgan fingerprint density at radius 3 is 2.67 bits per heavy atom. The first kappa shape index (κ1) is 15.5. The molecule has 0 aliphatic rings. The van der Waals surface area contributed by atoms with E-state index in [1.54, 1.807) is 12.1 Å². The number of benzene rings is 1. The second kappa shape index (κ2) is 6.69. The van der Waals surface area contributed by atoms with Crippen LogP contribution in [-0.2, 0) is 23.0 Å². The highest BCUT2D eigenvalue weighted by Gasteiger charge is 2.19. The van der Waals surface area contributed by atoms with E-state index in [1.165, 1.54) is 12.3 Å². The molecule has 0 bridgehead atoms. The van der Waals surface area contributed by atoms with Crippen LogP contribution in [0.2, 0.25) is 0 Å². The minimum Gasteiger partial charge on any atom is -0.325 e. The van der Waals surface area contributed by atoms with Crippen molar-refractivity contribution in [3.8, 4) is 0 Å². The molecule has 112 valence electrons. The molecule has 0 saturated carbocycles. The summed E-state index contributed by atoms with van der Waals surface area (Å²) < 4.78 is 27.7. The lowest BCUT2D eigenvalue weighted by Crippen LogP contribution is -2.18. The van der Waals surface area contributed by atoms with Crippen LogP contribution in [0, 0.1) is 0 Å². The van der Waals surface area contributed by atoms with Gasteiger partial charge < -0.3 is 5.73 Å². The third-order valence-corrected chi connectivity index (χ3v) is 4.55. The number of anilines is 1. The number of hydrogen-bond donors (Lipinski definition) is 2. The number of aryl methyl sites for hydroxylation is 1. The fourth-order valence-electron chi connectivity index (χ4n) is 2.13. The highest BCUT2D eigenvalue weighted by atomic mass is 32.2. The van der Waals surface area contributed by atoms with E-state index in [0.717, 1.165) is 18.4 Å². The summed E-state index contributed by atoms with van der Waals surface area (Å²) in [4.78, 5) is 4.14. The van der Waals surface area contributed by atoms with E-state index in [0.29, 0.717) is 11.4 Å². The number of sulfonamides is 1. The summed E-state index contributed by atoms with van der Waals surface area (Å²) in [7, 11) is -3.69. The Hall–Kier alpha value is -1.92. The molecule has 0 radical (unpaired) electrons. The molecule has 0 fully saturated rings. The zero-order valence-corrected chi connectivity index (χ0v) is 12.7. The average Bonchev–Trinajstić information content (AvgIpc) is 2.49. The van der Waals surface area contributed by atoms with Gasteiger partial charge in [-0.1, -0.05) is 31.5 Å². The van der Waals surface area contributed by atoms with Crippen LogP contribution in [0.25, 0.3) is 0 Å². The number of para-hydroxylation sites is 1. The van der Waals surface area contributed by atoms with E-state index in [9.17, 15) is 8.42 Å². The first-order valence-electron chi connectivity index (χ1n) is 6.83. The van der Waals surface area contributed by atoms with Gasteiger partial charge in [-0.05, 0) is 30.2 Å². The number of rotatable bonds is 6. The molecule has 0 unspecified atom stereocenters. The maximum atomic E-state index is 12.5. The molecular formula is C15H19N3O2S. The van der Waals surface area contributed by atoms with Gasteiger partial charge in [-0.25, -0.2) is 8.42 Å². The number of nitrogens with zero attached hydrogens (tertiary/aromatic N) is 1. The smallest absolute Gasteiger partial charge is 0.263 e. The molecule has 1 aromatic carbocycles. The number of nitrogens with one attached hydrogen (secondary N) is 1. The molecule has 0 saturated heterocycles. The van der Waals surface area contributed by atoms with Crippen LogP contribution in [0.1, 0.15) is 24.6 Å². The molecule has 2 rings (SSSR count). The fourth-order valence-corrected chi connectivity index (χ4v) is 3.43. The van der Waals surface area contributed by atoms with Crippen molar-refractivity contribution in [1.29, 1.82) is 0 Å². The topological polar surface area (TPSA) is 85.1 Å².